The average Bonchev–Trinajstić information content (AvgIpc) is 3.25. The Morgan fingerprint density at radius 3 is 1.61 bits per heavy atom. The van der Waals surface area contributed by atoms with Gasteiger partial charge in [-0.05, 0) is 60.4 Å². The van der Waals surface area contributed by atoms with Gasteiger partial charge in [0.05, 0.1) is 11.1 Å². The van der Waals surface area contributed by atoms with Gasteiger partial charge >= 0.3 is 0 Å². The third-order valence-corrected chi connectivity index (χ3v) is 7.81. The van der Waals surface area contributed by atoms with Gasteiger partial charge in [-0.2, -0.15) is 0 Å². The Balaban J connectivity index is 1.50. The van der Waals surface area contributed by atoms with Crippen molar-refractivity contribution in [1.29, 1.82) is 0 Å². The lowest BCUT2D eigenvalue weighted by Gasteiger charge is -2.19. The summed E-state index contributed by atoms with van der Waals surface area (Å²) in [4.78, 5) is 26.8. The van der Waals surface area contributed by atoms with Crippen LogP contribution in [0.15, 0.2) is 72.8 Å². The Morgan fingerprint density at radius 1 is 0.756 bits per heavy atom. The fourth-order valence-corrected chi connectivity index (χ4v) is 5.92. The van der Waals surface area contributed by atoms with Crippen LogP contribution in [0, 0.1) is 0 Å². The number of hydrogen-bond donors (Lipinski definition) is 4. The number of phenolic OH excluding ortho intramolecular Hbond substituents is 2. The van der Waals surface area contributed by atoms with Gasteiger partial charge in [-0.25, -0.2) is 0 Å². The molecule has 0 saturated carbocycles. The molecule has 2 aliphatic rings. The van der Waals surface area contributed by atoms with Crippen molar-refractivity contribution in [3.8, 4) is 11.5 Å². The van der Waals surface area contributed by atoms with E-state index in [1.165, 1.54) is 0 Å². The number of benzene rings is 4. The summed E-state index contributed by atoms with van der Waals surface area (Å²) in [5, 5.41) is 31.8. The van der Waals surface area contributed by atoms with E-state index < -0.39 is 29.8 Å². The predicted molar refractivity (Wildman–Crippen MR) is 156 cm³/mol. The second-order valence-electron chi connectivity index (χ2n) is 11.2. The Bertz CT molecular complexity index is 1600. The predicted octanol–water partition coefficient (Wildman–Crippen LogP) is 4.74. The number of ether oxygens (including phenoxy) is 2. The zero-order valence-electron chi connectivity index (χ0n) is 23.0. The van der Waals surface area contributed by atoms with Crippen molar-refractivity contribution >= 4 is 33.4 Å². The number of allylic oxidation sites excluding steroid dienone is 1. The maximum atomic E-state index is 13.4. The smallest absolute Gasteiger partial charge is 0.255 e. The first-order valence-electron chi connectivity index (χ1n) is 13.7. The highest BCUT2D eigenvalue weighted by Crippen LogP contribution is 2.37. The van der Waals surface area contributed by atoms with E-state index in [9.17, 15) is 19.8 Å². The van der Waals surface area contributed by atoms with Gasteiger partial charge in [0.1, 0.15) is 23.7 Å². The van der Waals surface area contributed by atoms with E-state index in [4.69, 9.17) is 9.47 Å². The van der Waals surface area contributed by atoms with Crippen molar-refractivity contribution in [2.24, 2.45) is 0 Å². The zero-order valence-corrected chi connectivity index (χ0v) is 23.0. The summed E-state index contributed by atoms with van der Waals surface area (Å²) in [7, 11) is 0. The summed E-state index contributed by atoms with van der Waals surface area (Å²) in [6.07, 6.45) is -0.610. The van der Waals surface area contributed by atoms with Gasteiger partial charge in [-0.1, -0.05) is 60.7 Å². The highest BCUT2D eigenvalue weighted by atomic mass is 16.8. The summed E-state index contributed by atoms with van der Waals surface area (Å²) in [5.41, 5.74) is 2.13. The highest BCUT2D eigenvalue weighted by Gasteiger charge is 2.41. The number of nitrogens with one attached hydrogen (secondary N) is 2. The molecule has 4 N–H and O–H groups in total. The van der Waals surface area contributed by atoms with Gasteiger partial charge in [0, 0.05) is 24.2 Å². The average molecular weight is 553 g/mol. The largest absolute Gasteiger partial charge is 0.507 e. The molecule has 0 radical (unpaired) electrons. The van der Waals surface area contributed by atoms with Crippen LogP contribution in [0.3, 0.4) is 0 Å². The van der Waals surface area contributed by atoms with Crippen LogP contribution in [0.4, 0.5) is 0 Å². The molecule has 4 aromatic carbocycles. The Hall–Kier alpha value is -4.40. The molecule has 1 saturated heterocycles. The minimum Gasteiger partial charge on any atom is -0.507 e. The topological polar surface area (TPSA) is 117 Å². The molecule has 8 heteroatoms. The first-order chi connectivity index (χ1) is 19.6. The lowest BCUT2D eigenvalue weighted by Crippen LogP contribution is -2.43. The van der Waals surface area contributed by atoms with Crippen molar-refractivity contribution in [3.63, 3.8) is 0 Å². The van der Waals surface area contributed by atoms with Crippen LogP contribution in [-0.4, -0.2) is 53.1 Å². The fraction of sp³-hybridized carbons (Fsp3) is 0.273. The van der Waals surface area contributed by atoms with Crippen LogP contribution in [0.25, 0.3) is 21.5 Å². The number of rotatable bonds is 0. The normalized spacial score (nSPS) is 21.3. The molecule has 0 aliphatic carbocycles. The van der Waals surface area contributed by atoms with Crippen molar-refractivity contribution in [2.75, 3.05) is 13.1 Å². The van der Waals surface area contributed by atoms with Crippen molar-refractivity contribution in [2.45, 2.75) is 44.7 Å². The standard InChI is InChI=1S/C33H32N2O6/c1-18-12-23-21-10-6-4-8-19(21)14-25(29(23)36)31(38)34-16-27-28(41-33(2,3)40-27)17-35-32(39)26-15-20-9-5-7-11-22(20)24(13-18)30(26)37/h4-11,14-15,27-28,36-37H,1,12-13,16-17H2,2-3H3,(H,34,38)(H,35,39)/t27-,28-/m0/s1. The lowest BCUT2D eigenvalue weighted by atomic mass is 9.90. The molecule has 0 spiro atoms. The third kappa shape index (κ3) is 5.01. The van der Waals surface area contributed by atoms with Gasteiger partial charge in [0.15, 0.2) is 5.79 Å². The van der Waals surface area contributed by atoms with Gasteiger partial charge in [0.25, 0.3) is 11.8 Å². The quantitative estimate of drug-likeness (QED) is 0.234. The SMILES string of the molecule is C=C1Cc2c(O)c(cc3ccccc23)C(=O)NC[C@@H]2OC(C)(C)O[C@H]2CNC(=O)c2cc3ccccc3c(c2O)C1. The van der Waals surface area contributed by atoms with E-state index in [2.05, 4.69) is 17.2 Å². The van der Waals surface area contributed by atoms with Gasteiger partial charge < -0.3 is 30.3 Å². The highest BCUT2D eigenvalue weighted by molar-refractivity contribution is 6.04. The monoisotopic (exact) mass is 552 g/mol. The number of phenols is 2. The van der Waals surface area contributed by atoms with Crippen molar-refractivity contribution in [1.82, 2.24) is 10.6 Å². The molecule has 2 heterocycles. The van der Waals surface area contributed by atoms with Gasteiger partial charge in [-0.15, -0.1) is 0 Å². The van der Waals surface area contributed by atoms with Crippen molar-refractivity contribution < 1.29 is 29.3 Å². The van der Waals surface area contributed by atoms with E-state index in [-0.39, 0.29) is 48.6 Å². The molecular weight excluding hydrogens is 520 g/mol. The van der Waals surface area contributed by atoms with E-state index in [1.807, 2.05) is 48.5 Å². The maximum Gasteiger partial charge on any atom is 0.255 e. The number of aromatic hydroxyl groups is 2. The molecular formula is C33H32N2O6. The van der Waals surface area contributed by atoms with E-state index >= 15 is 0 Å². The summed E-state index contributed by atoms with van der Waals surface area (Å²) in [6.45, 7) is 8.01. The van der Waals surface area contributed by atoms with Crippen LogP contribution in [-0.2, 0) is 22.3 Å². The molecule has 2 amide bonds. The summed E-state index contributed by atoms with van der Waals surface area (Å²) < 4.78 is 12.1. The Kier molecular flexibility index (Phi) is 6.68. The maximum absolute atomic E-state index is 13.4. The minimum atomic E-state index is -0.928. The molecule has 2 aliphatic heterocycles. The molecule has 0 aromatic heterocycles. The molecule has 2 atom stereocenters. The van der Waals surface area contributed by atoms with Gasteiger partial charge in [0.2, 0.25) is 0 Å². The van der Waals surface area contributed by atoms with Gasteiger partial charge in [-0.3, -0.25) is 9.59 Å². The second-order valence-corrected chi connectivity index (χ2v) is 11.2. The molecule has 6 rings (SSSR count). The molecule has 4 bridgehead atoms. The molecule has 41 heavy (non-hydrogen) atoms. The third-order valence-electron chi connectivity index (χ3n) is 7.81. The van der Waals surface area contributed by atoms with Crippen LogP contribution >= 0.6 is 0 Å². The second kappa shape index (κ2) is 10.2. The lowest BCUT2D eigenvalue weighted by molar-refractivity contribution is -0.145. The number of carbonyl (C=O) groups excluding carboxylic acids is 2. The molecule has 8 nitrogen and oxygen atoms in total. The van der Waals surface area contributed by atoms with E-state index in [0.29, 0.717) is 16.7 Å². The fourth-order valence-electron chi connectivity index (χ4n) is 5.92. The molecule has 0 unspecified atom stereocenters. The zero-order chi connectivity index (χ0) is 28.9. The minimum absolute atomic E-state index is 0.0997. The number of amides is 2. The number of hydrogen-bond acceptors (Lipinski definition) is 6. The Morgan fingerprint density at radius 2 is 1.17 bits per heavy atom. The van der Waals surface area contributed by atoms with E-state index in [0.717, 1.165) is 21.5 Å². The number of carbonyl (C=O) groups is 2. The summed E-state index contributed by atoms with van der Waals surface area (Å²) in [5.74, 6) is -2.06. The van der Waals surface area contributed by atoms with E-state index in [1.54, 1.807) is 26.0 Å². The molecule has 210 valence electrons. The Labute approximate surface area is 237 Å². The van der Waals surface area contributed by atoms with Crippen LogP contribution in [0.2, 0.25) is 0 Å². The van der Waals surface area contributed by atoms with Crippen LogP contribution < -0.4 is 10.6 Å². The number of fused-ring (bicyclic) bond motifs is 9. The first-order valence-corrected chi connectivity index (χ1v) is 13.7. The molecule has 1 fully saturated rings. The first kappa shape index (κ1) is 26.8. The summed E-state index contributed by atoms with van der Waals surface area (Å²) in [6, 6.07) is 18.5. The van der Waals surface area contributed by atoms with Crippen LogP contribution in [0.5, 0.6) is 11.5 Å². The van der Waals surface area contributed by atoms with Crippen LogP contribution in [0.1, 0.15) is 45.7 Å². The molecule has 4 aromatic rings. The van der Waals surface area contributed by atoms with Crippen molar-refractivity contribution in [3.05, 3.63) is 95.1 Å². The summed E-state index contributed by atoms with van der Waals surface area (Å²) >= 11 is 0.